The lowest BCUT2D eigenvalue weighted by molar-refractivity contribution is 0.602. The lowest BCUT2D eigenvalue weighted by Crippen LogP contribution is -2.15. The second-order valence-corrected chi connectivity index (χ2v) is 7.38. The van der Waals surface area contributed by atoms with Crippen LogP contribution in [0.2, 0.25) is 0 Å². The van der Waals surface area contributed by atoms with E-state index >= 15 is 0 Å². The highest BCUT2D eigenvalue weighted by atomic mass is 32.2. The molecule has 0 saturated carbocycles. The van der Waals surface area contributed by atoms with Gasteiger partial charge in [0.05, 0.1) is 11.4 Å². The molecule has 0 spiro atoms. The number of rotatable bonds is 3. The van der Waals surface area contributed by atoms with Gasteiger partial charge in [-0.3, -0.25) is 0 Å². The van der Waals surface area contributed by atoms with E-state index in [1.807, 2.05) is 0 Å². The molecule has 7 nitrogen and oxygen atoms in total. The van der Waals surface area contributed by atoms with Gasteiger partial charge in [-0.15, -0.1) is 0 Å². The van der Waals surface area contributed by atoms with Crippen LogP contribution in [0.1, 0.15) is 0 Å². The van der Waals surface area contributed by atoms with Crippen LogP contribution in [0.4, 0.5) is 11.4 Å². The molecule has 0 atom stereocenters. The third-order valence-electron chi connectivity index (χ3n) is 3.36. The van der Waals surface area contributed by atoms with Crippen LogP contribution < -0.4 is 10.6 Å². The first-order chi connectivity index (χ1) is 10.8. The van der Waals surface area contributed by atoms with Crippen LogP contribution in [0.5, 0.6) is 0 Å². The number of benzene rings is 1. The van der Waals surface area contributed by atoms with E-state index < -0.39 is 9.84 Å². The summed E-state index contributed by atoms with van der Waals surface area (Å²) in [5.41, 5.74) is 8.26. The van der Waals surface area contributed by atoms with Crippen molar-refractivity contribution in [1.82, 2.24) is 9.97 Å². The molecule has 120 valence electrons. The number of anilines is 2. The smallest absolute Gasteiger partial charge is 0.229 e. The zero-order valence-electron chi connectivity index (χ0n) is 12.9. The average Bonchev–Trinajstić information content (AvgIpc) is 2.88. The summed E-state index contributed by atoms with van der Waals surface area (Å²) in [5.74, 6) is 0.341. The van der Waals surface area contributed by atoms with Gasteiger partial charge in [-0.05, 0) is 24.3 Å². The molecule has 2 heterocycles. The summed E-state index contributed by atoms with van der Waals surface area (Å²) in [6, 6.07) is 6.76. The summed E-state index contributed by atoms with van der Waals surface area (Å²) in [6.07, 6.45) is 2.76. The molecule has 0 aliphatic rings. The van der Waals surface area contributed by atoms with Crippen molar-refractivity contribution >= 4 is 32.4 Å². The Kier molecular flexibility index (Phi) is 3.48. The van der Waals surface area contributed by atoms with Crippen LogP contribution in [0.3, 0.4) is 0 Å². The maximum atomic E-state index is 12.0. The molecule has 0 aliphatic carbocycles. The van der Waals surface area contributed by atoms with Gasteiger partial charge < -0.3 is 15.1 Å². The Labute approximate surface area is 133 Å². The van der Waals surface area contributed by atoms with E-state index in [0.717, 1.165) is 6.26 Å². The number of pyridine rings is 1. The molecule has 8 heteroatoms. The molecule has 0 saturated heterocycles. The zero-order chi connectivity index (χ0) is 16.8. The molecule has 23 heavy (non-hydrogen) atoms. The largest absolute Gasteiger partial charge is 0.434 e. The highest BCUT2D eigenvalue weighted by molar-refractivity contribution is 7.91. The van der Waals surface area contributed by atoms with Gasteiger partial charge in [0.1, 0.15) is 4.90 Å². The maximum Gasteiger partial charge on any atom is 0.229 e. The first kappa shape index (κ1) is 15.3. The molecule has 3 rings (SSSR count). The summed E-state index contributed by atoms with van der Waals surface area (Å²) < 4.78 is 29.7. The molecule has 0 amide bonds. The zero-order valence-corrected chi connectivity index (χ0v) is 13.8. The van der Waals surface area contributed by atoms with Crippen molar-refractivity contribution in [3.8, 4) is 11.5 Å². The van der Waals surface area contributed by atoms with E-state index in [-0.39, 0.29) is 10.6 Å². The number of hydrogen-bond acceptors (Lipinski definition) is 7. The number of nitrogen functional groups attached to an aromatic ring is 1. The number of nitrogens with zero attached hydrogens (tertiary/aromatic N) is 3. The van der Waals surface area contributed by atoms with E-state index in [9.17, 15) is 8.42 Å². The average molecular weight is 332 g/mol. The van der Waals surface area contributed by atoms with Crippen molar-refractivity contribution in [1.29, 1.82) is 0 Å². The SMILES string of the molecule is CN(C)c1cc(-c2nc3ncccc3o2)cc(N)c1S(C)(=O)=O. The van der Waals surface area contributed by atoms with Crippen molar-refractivity contribution < 1.29 is 12.8 Å². The van der Waals surface area contributed by atoms with E-state index in [2.05, 4.69) is 9.97 Å². The van der Waals surface area contributed by atoms with Gasteiger partial charge in [-0.25, -0.2) is 13.4 Å². The molecule has 3 aromatic rings. The van der Waals surface area contributed by atoms with Crippen LogP contribution in [0.25, 0.3) is 22.7 Å². The maximum absolute atomic E-state index is 12.0. The lowest BCUT2D eigenvalue weighted by Gasteiger charge is -2.19. The Morgan fingerprint density at radius 1 is 1.26 bits per heavy atom. The molecule has 1 aromatic carbocycles. The van der Waals surface area contributed by atoms with E-state index in [1.54, 1.807) is 49.5 Å². The topological polar surface area (TPSA) is 102 Å². The fourth-order valence-corrected chi connectivity index (χ4v) is 3.50. The van der Waals surface area contributed by atoms with Gasteiger partial charge in [0.25, 0.3) is 0 Å². The van der Waals surface area contributed by atoms with Crippen LogP contribution in [0.15, 0.2) is 39.8 Å². The predicted octanol–water partition coefficient (Wildman–Crippen LogP) is 1.94. The van der Waals surface area contributed by atoms with Crippen LogP contribution in [-0.4, -0.2) is 38.7 Å². The van der Waals surface area contributed by atoms with Gasteiger partial charge >= 0.3 is 0 Å². The monoisotopic (exact) mass is 332 g/mol. The fourth-order valence-electron chi connectivity index (χ4n) is 2.39. The van der Waals surface area contributed by atoms with Crippen molar-refractivity contribution in [2.45, 2.75) is 4.90 Å². The van der Waals surface area contributed by atoms with Crippen molar-refractivity contribution in [2.24, 2.45) is 0 Å². The molecule has 0 radical (unpaired) electrons. The standard InChI is InChI=1S/C15H16N4O3S/c1-19(2)11-8-9(7-10(16)13(11)23(3,20)21)15-18-14-12(22-15)5-4-6-17-14/h4-8H,16H2,1-3H3. The molecule has 0 fully saturated rings. The van der Waals surface area contributed by atoms with E-state index in [1.165, 1.54) is 0 Å². The van der Waals surface area contributed by atoms with Gasteiger partial charge in [-0.1, -0.05) is 0 Å². The minimum Gasteiger partial charge on any atom is -0.434 e. The van der Waals surface area contributed by atoms with E-state index in [0.29, 0.717) is 28.4 Å². The molecule has 2 aromatic heterocycles. The summed E-state index contributed by atoms with van der Waals surface area (Å²) >= 11 is 0. The normalized spacial score (nSPS) is 11.8. The lowest BCUT2D eigenvalue weighted by atomic mass is 10.1. The van der Waals surface area contributed by atoms with Gasteiger partial charge in [-0.2, -0.15) is 4.98 Å². The predicted molar refractivity (Wildman–Crippen MR) is 89.1 cm³/mol. The summed E-state index contributed by atoms with van der Waals surface area (Å²) in [6.45, 7) is 0. The van der Waals surface area contributed by atoms with Crippen molar-refractivity contribution in [3.05, 3.63) is 30.5 Å². The Morgan fingerprint density at radius 2 is 2.00 bits per heavy atom. The minimum absolute atomic E-state index is 0.0977. The Hall–Kier alpha value is -2.61. The van der Waals surface area contributed by atoms with Crippen LogP contribution in [0, 0.1) is 0 Å². The summed E-state index contributed by atoms with van der Waals surface area (Å²) in [4.78, 5) is 10.2. The van der Waals surface area contributed by atoms with Crippen molar-refractivity contribution in [3.63, 3.8) is 0 Å². The third kappa shape index (κ3) is 2.72. The molecule has 0 bridgehead atoms. The Bertz CT molecular complexity index is 960. The number of oxazole rings is 1. The quantitative estimate of drug-likeness (QED) is 0.731. The molecular formula is C15H16N4O3S. The minimum atomic E-state index is -3.46. The first-order valence-electron chi connectivity index (χ1n) is 6.80. The van der Waals surface area contributed by atoms with Crippen molar-refractivity contribution in [2.75, 3.05) is 31.0 Å². The third-order valence-corrected chi connectivity index (χ3v) is 4.55. The number of hydrogen-bond donors (Lipinski definition) is 1. The fraction of sp³-hybridized carbons (Fsp3) is 0.200. The number of aromatic nitrogens is 2. The van der Waals surface area contributed by atoms with Gasteiger partial charge in [0, 0.05) is 32.1 Å². The Morgan fingerprint density at radius 3 is 2.61 bits per heavy atom. The van der Waals surface area contributed by atoms with Crippen LogP contribution in [-0.2, 0) is 9.84 Å². The summed E-state index contributed by atoms with van der Waals surface area (Å²) in [5, 5.41) is 0. The summed E-state index contributed by atoms with van der Waals surface area (Å²) in [7, 11) is 0.0389. The Balaban J connectivity index is 2.25. The second kappa shape index (κ2) is 5.24. The first-order valence-corrected chi connectivity index (χ1v) is 8.69. The number of fused-ring (bicyclic) bond motifs is 1. The molecule has 2 N–H and O–H groups in total. The highest BCUT2D eigenvalue weighted by Crippen LogP contribution is 2.35. The second-order valence-electron chi connectivity index (χ2n) is 5.42. The van der Waals surface area contributed by atoms with E-state index in [4.69, 9.17) is 10.2 Å². The molecule has 0 unspecified atom stereocenters. The highest BCUT2D eigenvalue weighted by Gasteiger charge is 2.21. The number of sulfone groups is 1. The van der Waals surface area contributed by atoms with Gasteiger partial charge in [0.2, 0.25) is 5.89 Å². The molecular weight excluding hydrogens is 316 g/mol. The number of nitrogens with two attached hydrogens (primary N) is 1. The van der Waals surface area contributed by atoms with Gasteiger partial charge in [0.15, 0.2) is 21.1 Å². The molecule has 0 aliphatic heterocycles. The van der Waals surface area contributed by atoms with Crippen LogP contribution >= 0.6 is 0 Å².